The number of carbonyl (C=O) groups excluding carboxylic acids is 1. The van der Waals surface area contributed by atoms with E-state index in [1.807, 2.05) is 0 Å². The normalized spacial score (nSPS) is 17.3. The molecule has 0 heterocycles. The second-order valence-electron chi connectivity index (χ2n) is 5.20. The molecule has 7 heteroatoms. The molecule has 7 nitrogen and oxygen atoms in total. The molecule has 1 amide bonds. The minimum atomic E-state index is -1.27. The number of ether oxygens (including phenoxy) is 1. The Morgan fingerprint density at radius 2 is 2.20 bits per heavy atom. The average Bonchev–Trinajstić information content (AvgIpc) is 3.19. The molecule has 0 aromatic heterocycles. The van der Waals surface area contributed by atoms with Crippen molar-refractivity contribution in [1.82, 2.24) is 0 Å². The van der Waals surface area contributed by atoms with Crippen LogP contribution in [0.5, 0.6) is 5.75 Å². The topological polar surface area (TPSA) is 121 Å². The van der Waals surface area contributed by atoms with Crippen LogP contribution in [-0.2, 0) is 4.79 Å². The third-order valence-corrected chi connectivity index (χ3v) is 3.54. The number of hydrogen-bond donors (Lipinski definition) is 2. The molecule has 0 saturated heterocycles. The molecule has 2 rings (SSSR count). The molecule has 1 atom stereocenters. The van der Waals surface area contributed by atoms with Crippen molar-refractivity contribution < 1.29 is 14.5 Å². The van der Waals surface area contributed by atoms with E-state index in [-0.39, 0.29) is 24.0 Å². The molecule has 0 spiro atoms. The van der Waals surface area contributed by atoms with Gasteiger partial charge in [0.25, 0.3) is 0 Å². The summed E-state index contributed by atoms with van der Waals surface area (Å²) >= 11 is 0. The Bertz CT molecular complexity index is 557. The zero-order valence-corrected chi connectivity index (χ0v) is 11.2. The number of amides is 1. The lowest BCUT2D eigenvalue weighted by Crippen LogP contribution is -2.58. The van der Waals surface area contributed by atoms with Crippen LogP contribution in [0.1, 0.15) is 18.4 Å². The van der Waals surface area contributed by atoms with Gasteiger partial charge < -0.3 is 16.2 Å². The van der Waals surface area contributed by atoms with Gasteiger partial charge in [0.1, 0.15) is 12.1 Å². The predicted octanol–water partition coefficient (Wildman–Crippen LogP) is 0.875. The van der Waals surface area contributed by atoms with Gasteiger partial charge in [-0.3, -0.25) is 14.9 Å². The van der Waals surface area contributed by atoms with Crippen LogP contribution in [-0.4, -0.2) is 23.0 Å². The summed E-state index contributed by atoms with van der Waals surface area (Å²) < 4.78 is 5.44. The first-order valence-corrected chi connectivity index (χ1v) is 6.31. The third-order valence-electron chi connectivity index (χ3n) is 3.54. The number of nitro benzene ring substituents is 1. The maximum Gasteiger partial charge on any atom is 0.310 e. The third kappa shape index (κ3) is 2.72. The molecule has 0 aliphatic heterocycles. The molecule has 1 aromatic rings. The number of hydrogen-bond acceptors (Lipinski definition) is 5. The number of carbonyl (C=O) groups is 1. The Hall–Kier alpha value is -2.15. The van der Waals surface area contributed by atoms with Gasteiger partial charge in [-0.1, -0.05) is 6.07 Å². The van der Waals surface area contributed by atoms with Gasteiger partial charge in [0.05, 0.1) is 4.92 Å². The molecule has 1 aromatic carbocycles. The minimum absolute atomic E-state index is 0.0103. The highest BCUT2D eigenvalue weighted by Crippen LogP contribution is 2.39. The Morgan fingerprint density at radius 3 is 2.70 bits per heavy atom. The highest BCUT2D eigenvalue weighted by Gasteiger charge is 2.47. The molecule has 1 saturated carbocycles. The van der Waals surface area contributed by atoms with E-state index >= 15 is 0 Å². The highest BCUT2D eigenvalue weighted by molar-refractivity contribution is 5.85. The lowest BCUT2D eigenvalue weighted by atomic mass is 9.95. The molecule has 1 aliphatic rings. The number of benzene rings is 1. The SMILES string of the molecule is Cc1ccc([N+](=O)[O-])c(OCC(N)(C(N)=O)C2CC2)c1. The quantitative estimate of drug-likeness (QED) is 0.591. The summed E-state index contributed by atoms with van der Waals surface area (Å²) in [5, 5.41) is 10.9. The fourth-order valence-corrected chi connectivity index (χ4v) is 2.07. The van der Waals surface area contributed by atoms with E-state index < -0.39 is 16.4 Å². The summed E-state index contributed by atoms with van der Waals surface area (Å²) in [4.78, 5) is 21.9. The van der Waals surface area contributed by atoms with Crippen LogP contribution < -0.4 is 16.2 Å². The van der Waals surface area contributed by atoms with Crippen LogP contribution in [0.4, 0.5) is 5.69 Å². The summed E-state index contributed by atoms with van der Waals surface area (Å²) in [6, 6.07) is 4.53. The van der Waals surface area contributed by atoms with Gasteiger partial charge in [0.2, 0.25) is 5.91 Å². The van der Waals surface area contributed by atoms with E-state index in [4.69, 9.17) is 16.2 Å². The van der Waals surface area contributed by atoms with Crippen molar-refractivity contribution in [2.24, 2.45) is 17.4 Å². The average molecular weight is 279 g/mol. The summed E-state index contributed by atoms with van der Waals surface area (Å²) in [7, 11) is 0. The lowest BCUT2D eigenvalue weighted by Gasteiger charge is -2.25. The molecular formula is C13H17N3O4. The van der Waals surface area contributed by atoms with Gasteiger partial charge in [0, 0.05) is 6.07 Å². The highest BCUT2D eigenvalue weighted by atomic mass is 16.6. The summed E-state index contributed by atoms with van der Waals surface area (Å²) in [6.45, 7) is 1.64. The van der Waals surface area contributed by atoms with E-state index in [1.165, 1.54) is 6.07 Å². The standard InChI is InChI=1S/C13H17N3O4/c1-8-2-5-10(16(18)19)11(6-8)20-7-13(15,12(14)17)9-3-4-9/h2,5-6,9H,3-4,7,15H2,1H3,(H2,14,17). The summed E-state index contributed by atoms with van der Waals surface area (Å²) in [5.41, 5.74) is 10.7. The summed E-state index contributed by atoms with van der Waals surface area (Å²) in [5.74, 6) is -0.550. The summed E-state index contributed by atoms with van der Waals surface area (Å²) in [6.07, 6.45) is 1.64. The maximum absolute atomic E-state index is 11.5. The van der Waals surface area contributed by atoms with E-state index in [0.717, 1.165) is 18.4 Å². The predicted molar refractivity (Wildman–Crippen MR) is 72.2 cm³/mol. The second kappa shape index (κ2) is 5.09. The molecule has 4 N–H and O–H groups in total. The van der Waals surface area contributed by atoms with Crippen molar-refractivity contribution in [2.75, 3.05) is 6.61 Å². The van der Waals surface area contributed by atoms with Crippen molar-refractivity contribution in [3.63, 3.8) is 0 Å². The Labute approximate surface area is 116 Å². The van der Waals surface area contributed by atoms with Gasteiger partial charge >= 0.3 is 5.69 Å². The zero-order chi connectivity index (χ0) is 14.9. The fraction of sp³-hybridized carbons (Fsp3) is 0.462. The Morgan fingerprint density at radius 1 is 1.55 bits per heavy atom. The van der Waals surface area contributed by atoms with Crippen molar-refractivity contribution in [2.45, 2.75) is 25.3 Å². The molecule has 1 aliphatic carbocycles. The smallest absolute Gasteiger partial charge is 0.310 e. The number of rotatable bonds is 6. The van der Waals surface area contributed by atoms with E-state index in [0.29, 0.717) is 0 Å². The van der Waals surface area contributed by atoms with E-state index in [2.05, 4.69) is 0 Å². The largest absolute Gasteiger partial charge is 0.484 e. The van der Waals surface area contributed by atoms with Crippen molar-refractivity contribution in [3.05, 3.63) is 33.9 Å². The molecular weight excluding hydrogens is 262 g/mol. The van der Waals surface area contributed by atoms with Gasteiger partial charge in [-0.25, -0.2) is 0 Å². The molecule has 0 radical (unpaired) electrons. The number of aryl methyl sites for hydroxylation is 1. The van der Waals surface area contributed by atoms with E-state index in [9.17, 15) is 14.9 Å². The van der Waals surface area contributed by atoms with Gasteiger partial charge in [0.15, 0.2) is 5.75 Å². The Kier molecular flexibility index (Phi) is 3.63. The monoisotopic (exact) mass is 279 g/mol. The molecule has 108 valence electrons. The van der Waals surface area contributed by atoms with Gasteiger partial charge in [-0.15, -0.1) is 0 Å². The zero-order valence-electron chi connectivity index (χ0n) is 11.2. The first kappa shape index (κ1) is 14.3. The first-order valence-electron chi connectivity index (χ1n) is 6.31. The maximum atomic E-state index is 11.5. The molecule has 0 bridgehead atoms. The van der Waals surface area contributed by atoms with Gasteiger partial charge in [-0.2, -0.15) is 0 Å². The van der Waals surface area contributed by atoms with Crippen molar-refractivity contribution in [3.8, 4) is 5.75 Å². The number of nitrogens with two attached hydrogens (primary N) is 2. The number of primary amides is 1. The van der Waals surface area contributed by atoms with Crippen LogP contribution in [0.15, 0.2) is 18.2 Å². The van der Waals surface area contributed by atoms with Crippen LogP contribution >= 0.6 is 0 Å². The van der Waals surface area contributed by atoms with Crippen LogP contribution in [0.2, 0.25) is 0 Å². The van der Waals surface area contributed by atoms with Crippen molar-refractivity contribution >= 4 is 11.6 Å². The molecule has 20 heavy (non-hydrogen) atoms. The number of nitrogens with zero attached hydrogens (tertiary/aromatic N) is 1. The van der Waals surface area contributed by atoms with E-state index in [1.54, 1.807) is 19.1 Å². The lowest BCUT2D eigenvalue weighted by molar-refractivity contribution is -0.385. The van der Waals surface area contributed by atoms with Crippen LogP contribution in [0.25, 0.3) is 0 Å². The van der Waals surface area contributed by atoms with Crippen LogP contribution in [0.3, 0.4) is 0 Å². The Balaban J connectivity index is 2.19. The van der Waals surface area contributed by atoms with Crippen molar-refractivity contribution in [1.29, 1.82) is 0 Å². The fourth-order valence-electron chi connectivity index (χ4n) is 2.07. The van der Waals surface area contributed by atoms with Crippen LogP contribution in [0, 0.1) is 23.0 Å². The number of nitro groups is 1. The second-order valence-corrected chi connectivity index (χ2v) is 5.20. The first-order chi connectivity index (χ1) is 9.34. The van der Waals surface area contributed by atoms with Gasteiger partial charge in [-0.05, 0) is 37.3 Å². The minimum Gasteiger partial charge on any atom is -0.484 e. The molecule has 1 unspecified atom stereocenters. The molecule has 1 fully saturated rings.